The van der Waals surface area contributed by atoms with Crippen LogP contribution in [0.25, 0.3) is 0 Å². The molecule has 1 fully saturated rings. The molecule has 0 aromatic carbocycles. The lowest BCUT2D eigenvalue weighted by Gasteiger charge is -2.08. The van der Waals surface area contributed by atoms with E-state index in [1.807, 2.05) is 11.4 Å². The van der Waals surface area contributed by atoms with Crippen molar-refractivity contribution in [1.82, 2.24) is 5.32 Å². The summed E-state index contributed by atoms with van der Waals surface area (Å²) in [4.78, 5) is 12.2. The molecular formula is C10H13NO2S. The number of nitrogens with one attached hydrogen (secondary N) is 1. The van der Waals surface area contributed by atoms with Gasteiger partial charge in [-0.3, -0.25) is 0 Å². The first-order valence-corrected chi connectivity index (χ1v) is 5.57. The van der Waals surface area contributed by atoms with Crippen molar-refractivity contribution in [3.05, 3.63) is 21.9 Å². The number of methoxy groups -OCH3 is 1. The number of carbonyl (C=O) groups excluding carboxylic acids is 1. The van der Waals surface area contributed by atoms with Gasteiger partial charge in [-0.25, -0.2) is 4.79 Å². The molecule has 0 aliphatic carbocycles. The second-order valence-corrected chi connectivity index (χ2v) is 4.30. The highest BCUT2D eigenvalue weighted by molar-refractivity contribution is 7.12. The molecule has 0 saturated carbocycles. The Morgan fingerprint density at radius 1 is 1.71 bits per heavy atom. The molecule has 0 spiro atoms. The van der Waals surface area contributed by atoms with E-state index in [1.165, 1.54) is 18.4 Å². The average Bonchev–Trinajstić information content (AvgIpc) is 2.85. The fourth-order valence-electron chi connectivity index (χ4n) is 1.82. The first-order valence-electron chi connectivity index (χ1n) is 4.69. The molecule has 0 radical (unpaired) electrons. The topological polar surface area (TPSA) is 38.3 Å². The monoisotopic (exact) mass is 211 g/mol. The van der Waals surface area contributed by atoms with Crippen molar-refractivity contribution >= 4 is 17.3 Å². The van der Waals surface area contributed by atoms with Crippen LogP contribution in [0.5, 0.6) is 0 Å². The van der Waals surface area contributed by atoms with E-state index < -0.39 is 0 Å². The minimum atomic E-state index is -0.207. The Morgan fingerprint density at radius 3 is 3.21 bits per heavy atom. The number of carbonyl (C=O) groups is 1. The molecule has 2 rings (SSSR count). The third-order valence-corrected chi connectivity index (χ3v) is 3.48. The summed E-state index contributed by atoms with van der Waals surface area (Å²) in [5.74, 6) is 0.275. The van der Waals surface area contributed by atoms with E-state index in [1.54, 1.807) is 0 Å². The van der Waals surface area contributed by atoms with Crippen LogP contribution < -0.4 is 5.32 Å². The molecule has 1 atom stereocenters. The highest BCUT2D eigenvalue weighted by atomic mass is 32.1. The number of thiophene rings is 1. The Labute approximate surface area is 87.1 Å². The summed E-state index contributed by atoms with van der Waals surface area (Å²) in [6, 6.07) is 2.04. The van der Waals surface area contributed by atoms with Gasteiger partial charge >= 0.3 is 5.97 Å². The van der Waals surface area contributed by atoms with E-state index in [0.717, 1.165) is 30.0 Å². The SMILES string of the molecule is COC(=O)c1sccc1C1CCNC1. The van der Waals surface area contributed by atoms with E-state index in [9.17, 15) is 4.79 Å². The summed E-state index contributed by atoms with van der Waals surface area (Å²) in [7, 11) is 1.43. The fourth-order valence-corrected chi connectivity index (χ4v) is 2.72. The Kier molecular flexibility index (Phi) is 2.84. The summed E-state index contributed by atoms with van der Waals surface area (Å²) in [5.41, 5.74) is 1.15. The summed E-state index contributed by atoms with van der Waals surface area (Å²) >= 11 is 1.47. The zero-order chi connectivity index (χ0) is 9.97. The smallest absolute Gasteiger partial charge is 0.348 e. The first kappa shape index (κ1) is 9.68. The van der Waals surface area contributed by atoms with Gasteiger partial charge in [-0.05, 0) is 35.9 Å². The molecule has 1 saturated heterocycles. The van der Waals surface area contributed by atoms with Gasteiger partial charge in [0.1, 0.15) is 4.88 Å². The van der Waals surface area contributed by atoms with E-state index >= 15 is 0 Å². The minimum absolute atomic E-state index is 0.207. The molecule has 4 heteroatoms. The van der Waals surface area contributed by atoms with Crippen LogP contribution in [0.2, 0.25) is 0 Å². The molecule has 3 nitrogen and oxygen atoms in total. The summed E-state index contributed by atoms with van der Waals surface area (Å²) in [6.45, 7) is 2.02. The second kappa shape index (κ2) is 4.11. The maximum Gasteiger partial charge on any atom is 0.348 e. The molecule has 0 amide bonds. The number of esters is 1. The van der Waals surface area contributed by atoms with Crippen molar-refractivity contribution in [2.24, 2.45) is 0 Å². The number of ether oxygens (including phenoxy) is 1. The maximum atomic E-state index is 11.4. The van der Waals surface area contributed by atoms with Gasteiger partial charge in [0.25, 0.3) is 0 Å². The maximum absolute atomic E-state index is 11.4. The summed E-state index contributed by atoms with van der Waals surface area (Å²) < 4.78 is 4.75. The van der Waals surface area contributed by atoms with Crippen LogP contribution in [0.1, 0.15) is 27.6 Å². The van der Waals surface area contributed by atoms with E-state index in [4.69, 9.17) is 4.74 Å². The van der Waals surface area contributed by atoms with Crippen LogP contribution in [0.15, 0.2) is 11.4 Å². The van der Waals surface area contributed by atoms with Gasteiger partial charge in [0.15, 0.2) is 0 Å². The molecule has 1 N–H and O–H groups in total. The lowest BCUT2D eigenvalue weighted by atomic mass is 9.99. The first-order chi connectivity index (χ1) is 6.83. The lowest BCUT2D eigenvalue weighted by molar-refractivity contribution is 0.0604. The predicted octanol–water partition coefficient (Wildman–Crippen LogP) is 1.61. The van der Waals surface area contributed by atoms with Crippen LogP contribution in [-0.2, 0) is 4.74 Å². The van der Waals surface area contributed by atoms with Crippen molar-refractivity contribution in [2.45, 2.75) is 12.3 Å². The molecular weight excluding hydrogens is 198 g/mol. The van der Waals surface area contributed by atoms with Crippen LogP contribution in [0.4, 0.5) is 0 Å². The molecule has 14 heavy (non-hydrogen) atoms. The van der Waals surface area contributed by atoms with Gasteiger partial charge in [0.05, 0.1) is 7.11 Å². The van der Waals surface area contributed by atoms with Crippen molar-refractivity contribution in [2.75, 3.05) is 20.2 Å². The van der Waals surface area contributed by atoms with Crippen molar-refractivity contribution in [3.8, 4) is 0 Å². The number of hydrogen-bond donors (Lipinski definition) is 1. The molecule has 1 aliphatic heterocycles. The van der Waals surface area contributed by atoms with Crippen LogP contribution in [-0.4, -0.2) is 26.2 Å². The van der Waals surface area contributed by atoms with Gasteiger partial charge in [-0.2, -0.15) is 0 Å². The Balaban J connectivity index is 2.24. The van der Waals surface area contributed by atoms with Gasteiger partial charge in [-0.1, -0.05) is 0 Å². The minimum Gasteiger partial charge on any atom is -0.465 e. The van der Waals surface area contributed by atoms with Gasteiger partial charge in [-0.15, -0.1) is 11.3 Å². The molecule has 1 unspecified atom stereocenters. The quantitative estimate of drug-likeness (QED) is 0.755. The normalized spacial score (nSPS) is 21.1. The molecule has 1 aromatic rings. The Bertz CT molecular complexity index is 329. The Hall–Kier alpha value is -0.870. The van der Waals surface area contributed by atoms with Crippen LogP contribution in [0, 0.1) is 0 Å². The van der Waals surface area contributed by atoms with Crippen molar-refractivity contribution < 1.29 is 9.53 Å². The number of rotatable bonds is 2. The molecule has 2 heterocycles. The van der Waals surface area contributed by atoms with E-state index in [-0.39, 0.29) is 5.97 Å². The standard InChI is InChI=1S/C10H13NO2S/c1-13-10(12)9-8(3-5-14-9)7-2-4-11-6-7/h3,5,7,11H,2,4,6H2,1H3. The summed E-state index contributed by atoms with van der Waals surface area (Å²) in [6.07, 6.45) is 1.11. The molecule has 1 aliphatic rings. The second-order valence-electron chi connectivity index (χ2n) is 3.39. The fraction of sp³-hybridized carbons (Fsp3) is 0.500. The zero-order valence-electron chi connectivity index (χ0n) is 8.08. The van der Waals surface area contributed by atoms with E-state index in [2.05, 4.69) is 5.32 Å². The van der Waals surface area contributed by atoms with Crippen molar-refractivity contribution in [1.29, 1.82) is 0 Å². The molecule has 76 valence electrons. The Morgan fingerprint density at radius 2 is 2.57 bits per heavy atom. The van der Waals surface area contributed by atoms with Gasteiger partial charge in [0.2, 0.25) is 0 Å². The third kappa shape index (κ3) is 1.67. The van der Waals surface area contributed by atoms with Crippen LogP contribution >= 0.6 is 11.3 Å². The highest BCUT2D eigenvalue weighted by Gasteiger charge is 2.23. The van der Waals surface area contributed by atoms with Crippen molar-refractivity contribution in [3.63, 3.8) is 0 Å². The largest absolute Gasteiger partial charge is 0.465 e. The predicted molar refractivity (Wildman–Crippen MR) is 55.9 cm³/mol. The molecule has 1 aromatic heterocycles. The van der Waals surface area contributed by atoms with Gasteiger partial charge in [0, 0.05) is 6.54 Å². The lowest BCUT2D eigenvalue weighted by Crippen LogP contribution is -2.10. The van der Waals surface area contributed by atoms with Crippen LogP contribution in [0.3, 0.4) is 0 Å². The highest BCUT2D eigenvalue weighted by Crippen LogP contribution is 2.29. The van der Waals surface area contributed by atoms with E-state index in [0.29, 0.717) is 5.92 Å². The third-order valence-electron chi connectivity index (χ3n) is 2.57. The summed E-state index contributed by atoms with van der Waals surface area (Å²) in [5, 5.41) is 5.26. The number of hydrogen-bond acceptors (Lipinski definition) is 4. The average molecular weight is 211 g/mol. The zero-order valence-corrected chi connectivity index (χ0v) is 8.89. The van der Waals surface area contributed by atoms with Gasteiger partial charge < -0.3 is 10.1 Å². The molecule has 0 bridgehead atoms.